The number of imidazole rings is 1. The maximum absolute atomic E-state index is 11.8. The average molecular weight is 331 g/mol. The van der Waals surface area contributed by atoms with Crippen LogP contribution in [0.2, 0.25) is 0 Å². The molecule has 0 fully saturated rings. The van der Waals surface area contributed by atoms with Gasteiger partial charge < -0.3 is 10.1 Å². The molecule has 6 heteroatoms. The molecule has 25 heavy (non-hydrogen) atoms. The molecule has 4 rings (SSSR count). The number of hydrogen-bond acceptors (Lipinski definition) is 4. The molecule has 6 nitrogen and oxygen atoms in total. The van der Waals surface area contributed by atoms with Crippen LogP contribution in [0.25, 0.3) is 22.6 Å². The van der Waals surface area contributed by atoms with Crippen molar-refractivity contribution in [1.82, 2.24) is 9.97 Å². The van der Waals surface area contributed by atoms with E-state index in [-0.39, 0.29) is 5.75 Å². The summed E-state index contributed by atoms with van der Waals surface area (Å²) < 4.78 is 0. The summed E-state index contributed by atoms with van der Waals surface area (Å²) in [5, 5.41) is 10.2. The number of nitrogens with zero attached hydrogens (tertiary/aromatic N) is 2. The Labute approximate surface area is 143 Å². The normalized spacial score (nSPS) is 13.7. The van der Waals surface area contributed by atoms with Crippen LogP contribution in [0.15, 0.2) is 66.9 Å². The molecule has 1 aliphatic heterocycles. The van der Waals surface area contributed by atoms with Crippen molar-refractivity contribution in [3.8, 4) is 28.4 Å². The number of aromatic hydroxyl groups is 1. The van der Waals surface area contributed by atoms with E-state index in [0.29, 0.717) is 22.8 Å². The fourth-order valence-electron chi connectivity index (χ4n) is 2.73. The second-order valence-corrected chi connectivity index (χ2v) is 5.55. The van der Waals surface area contributed by atoms with Gasteiger partial charge in [0, 0.05) is 29.5 Å². The zero-order valence-electron chi connectivity index (χ0n) is 13.0. The summed E-state index contributed by atoms with van der Waals surface area (Å²) in [6.07, 6.45) is 4.11. The Balaban J connectivity index is 1.74. The number of carbonyl (C=O) groups excluding carboxylic acids is 2. The third-order valence-electron chi connectivity index (χ3n) is 3.95. The summed E-state index contributed by atoms with van der Waals surface area (Å²) in [6, 6.07) is 14.1. The summed E-state index contributed by atoms with van der Waals surface area (Å²) in [5.41, 5.74) is 2.25. The lowest BCUT2D eigenvalue weighted by molar-refractivity contribution is -0.119. The van der Waals surface area contributed by atoms with Crippen LogP contribution >= 0.6 is 0 Å². The molecule has 0 spiro atoms. The molecule has 122 valence electrons. The molecule has 2 amide bonds. The molecule has 0 unspecified atom stereocenters. The van der Waals surface area contributed by atoms with Crippen LogP contribution in [0.1, 0.15) is 0 Å². The van der Waals surface area contributed by atoms with Crippen molar-refractivity contribution in [2.75, 3.05) is 4.90 Å². The summed E-state index contributed by atoms with van der Waals surface area (Å²) >= 11 is 0. The number of aromatic nitrogens is 2. The molecule has 2 N–H and O–H groups in total. The van der Waals surface area contributed by atoms with Gasteiger partial charge >= 0.3 is 0 Å². The van der Waals surface area contributed by atoms with Crippen molar-refractivity contribution in [1.29, 1.82) is 0 Å². The lowest BCUT2D eigenvalue weighted by Crippen LogP contribution is -2.29. The second-order valence-electron chi connectivity index (χ2n) is 5.55. The molecular formula is C19H13N3O3. The smallest absolute Gasteiger partial charge is 0.258 e. The Morgan fingerprint density at radius 2 is 1.68 bits per heavy atom. The van der Waals surface area contributed by atoms with E-state index in [9.17, 15) is 14.7 Å². The van der Waals surface area contributed by atoms with Crippen LogP contribution < -0.4 is 4.90 Å². The van der Waals surface area contributed by atoms with Crippen molar-refractivity contribution in [3.63, 3.8) is 0 Å². The second kappa shape index (κ2) is 5.76. The van der Waals surface area contributed by atoms with E-state index in [1.165, 1.54) is 24.3 Å². The Morgan fingerprint density at radius 3 is 2.40 bits per heavy atom. The van der Waals surface area contributed by atoms with E-state index in [4.69, 9.17) is 0 Å². The van der Waals surface area contributed by atoms with Crippen LogP contribution in [0.3, 0.4) is 0 Å². The SMILES string of the molecule is O=C1C=CC(=O)N1c1ccc(O)c(-c2c[nH]c(-c3ccccc3)n2)c1. The average Bonchev–Trinajstić information content (AvgIpc) is 3.24. The van der Waals surface area contributed by atoms with Crippen molar-refractivity contribution in [3.05, 3.63) is 66.9 Å². The molecule has 2 aromatic carbocycles. The van der Waals surface area contributed by atoms with Gasteiger partial charge in [0.25, 0.3) is 11.8 Å². The predicted octanol–water partition coefficient (Wildman–Crippen LogP) is 2.88. The molecule has 0 aliphatic carbocycles. The number of rotatable bonds is 3. The van der Waals surface area contributed by atoms with E-state index in [1.54, 1.807) is 12.3 Å². The summed E-state index contributed by atoms with van der Waals surface area (Å²) in [4.78, 5) is 32.3. The fourth-order valence-corrected chi connectivity index (χ4v) is 2.73. The van der Waals surface area contributed by atoms with Gasteiger partial charge in [0.05, 0.1) is 11.4 Å². The van der Waals surface area contributed by atoms with Gasteiger partial charge in [-0.25, -0.2) is 9.88 Å². The van der Waals surface area contributed by atoms with E-state index in [1.807, 2.05) is 30.3 Å². The van der Waals surface area contributed by atoms with E-state index in [0.717, 1.165) is 10.5 Å². The summed E-state index contributed by atoms with van der Waals surface area (Å²) in [5.74, 6) is -0.139. The Kier molecular flexibility index (Phi) is 3.43. The molecule has 0 atom stereocenters. The highest BCUT2D eigenvalue weighted by atomic mass is 16.3. The number of phenolic OH excluding ortho intramolecular Hbond substituents is 1. The minimum atomic E-state index is -0.409. The molecule has 1 aromatic heterocycles. The number of imide groups is 1. The van der Waals surface area contributed by atoms with Crippen LogP contribution in [-0.2, 0) is 9.59 Å². The number of phenols is 1. The number of benzene rings is 2. The summed E-state index contributed by atoms with van der Waals surface area (Å²) in [7, 11) is 0. The summed E-state index contributed by atoms with van der Waals surface area (Å²) in [6.45, 7) is 0. The van der Waals surface area contributed by atoms with Crippen LogP contribution in [0.4, 0.5) is 5.69 Å². The van der Waals surface area contributed by atoms with Crippen LogP contribution in [-0.4, -0.2) is 26.9 Å². The monoisotopic (exact) mass is 331 g/mol. The molecule has 2 heterocycles. The molecule has 0 bridgehead atoms. The number of nitrogens with one attached hydrogen (secondary N) is 1. The number of H-pyrrole nitrogens is 1. The Hall–Kier alpha value is -3.67. The Morgan fingerprint density at radius 1 is 0.960 bits per heavy atom. The molecule has 1 aliphatic rings. The van der Waals surface area contributed by atoms with Gasteiger partial charge in [-0.2, -0.15) is 0 Å². The third-order valence-corrected chi connectivity index (χ3v) is 3.95. The molecule has 0 saturated heterocycles. The maximum Gasteiger partial charge on any atom is 0.258 e. The lowest BCUT2D eigenvalue weighted by Gasteiger charge is -2.15. The molecule has 3 aromatic rings. The van der Waals surface area contributed by atoms with Gasteiger partial charge in [-0.3, -0.25) is 9.59 Å². The number of hydrogen-bond donors (Lipinski definition) is 2. The fraction of sp³-hybridized carbons (Fsp3) is 0. The number of amides is 2. The van der Waals surface area contributed by atoms with Gasteiger partial charge in [-0.1, -0.05) is 30.3 Å². The van der Waals surface area contributed by atoms with Gasteiger partial charge in [-0.15, -0.1) is 0 Å². The van der Waals surface area contributed by atoms with Gasteiger partial charge in [-0.05, 0) is 18.2 Å². The number of anilines is 1. The highest BCUT2D eigenvalue weighted by molar-refractivity contribution is 6.28. The highest BCUT2D eigenvalue weighted by Gasteiger charge is 2.26. The highest BCUT2D eigenvalue weighted by Crippen LogP contribution is 2.34. The first-order valence-corrected chi connectivity index (χ1v) is 7.64. The maximum atomic E-state index is 11.8. The van der Waals surface area contributed by atoms with Crippen LogP contribution in [0.5, 0.6) is 5.75 Å². The number of carbonyl (C=O) groups is 2. The minimum absolute atomic E-state index is 0.0157. The predicted molar refractivity (Wildman–Crippen MR) is 92.8 cm³/mol. The van der Waals surface area contributed by atoms with E-state index < -0.39 is 11.8 Å². The minimum Gasteiger partial charge on any atom is -0.507 e. The topological polar surface area (TPSA) is 86.3 Å². The van der Waals surface area contributed by atoms with E-state index >= 15 is 0 Å². The zero-order valence-corrected chi connectivity index (χ0v) is 13.0. The first kappa shape index (κ1) is 14.9. The molecular weight excluding hydrogens is 318 g/mol. The molecule has 0 radical (unpaired) electrons. The van der Waals surface area contributed by atoms with Crippen LogP contribution in [0, 0.1) is 0 Å². The van der Waals surface area contributed by atoms with Gasteiger partial charge in [0.15, 0.2) is 0 Å². The van der Waals surface area contributed by atoms with Crippen molar-refractivity contribution >= 4 is 17.5 Å². The first-order valence-electron chi connectivity index (χ1n) is 7.64. The zero-order chi connectivity index (χ0) is 17.4. The van der Waals surface area contributed by atoms with Gasteiger partial charge in [0.2, 0.25) is 0 Å². The number of aromatic amines is 1. The third kappa shape index (κ3) is 2.59. The largest absolute Gasteiger partial charge is 0.507 e. The lowest BCUT2D eigenvalue weighted by atomic mass is 10.1. The standard InChI is InChI=1S/C19H13N3O3/c23-16-7-6-13(22-17(24)8-9-18(22)25)10-14(16)15-11-20-19(21-15)12-4-2-1-3-5-12/h1-11,23H,(H,20,21). The van der Waals surface area contributed by atoms with Crippen molar-refractivity contribution < 1.29 is 14.7 Å². The molecule has 0 saturated carbocycles. The first-order chi connectivity index (χ1) is 12.1. The van der Waals surface area contributed by atoms with Crippen molar-refractivity contribution in [2.45, 2.75) is 0 Å². The Bertz CT molecular complexity index is 988. The van der Waals surface area contributed by atoms with Crippen molar-refractivity contribution in [2.24, 2.45) is 0 Å². The van der Waals surface area contributed by atoms with Gasteiger partial charge in [0.1, 0.15) is 11.6 Å². The van der Waals surface area contributed by atoms with E-state index in [2.05, 4.69) is 9.97 Å². The quantitative estimate of drug-likeness (QED) is 0.723.